The largest absolute Gasteiger partial charge is 0.472 e. The van der Waals surface area contributed by atoms with Crippen molar-refractivity contribution in [3.05, 3.63) is 30.3 Å². The van der Waals surface area contributed by atoms with Gasteiger partial charge in [0.15, 0.2) is 0 Å². The zero-order valence-electron chi connectivity index (χ0n) is 10.9. The monoisotopic (exact) mass is 423 g/mol. The summed E-state index contributed by atoms with van der Waals surface area (Å²) >= 11 is 0. The fourth-order valence-corrected chi connectivity index (χ4v) is 8.65. The van der Waals surface area contributed by atoms with Crippen LogP contribution in [-0.4, -0.2) is 11.8 Å². The van der Waals surface area contributed by atoms with Crippen LogP contribution in [0.5, 0.6) is 5.75 Å². The predicted molar refractivity (Wildman–Crippen MR) is 70.5 cm³/mol. The van der Waals surface area contributed by atoms with Gasteiger partial charge in [-0.3, -0.25) is 0 Å². The summed E-state index contributed by atoms with van der Waals surface area (Å²) in [6.45, 7) is 0. The van der Waals surface area contributed by atoms with Gasteiger partial charge in [-0.2, -0.15) is 39.3 Å². The fraction of sp³-hybridized carbons (Fsp3) is 0.250. The highest BCUT2D eigenvalue weighted by atomic mass is 31.3. The molecule has 0 N–H and O–H groups in total. The summed E-state index contributed by atoms with van der Waals surface area (Å²) in [6.07, 6.45) is 0. The lowest BCUT2D eigenvalue weighted by Crippen LogP contribution is -2.10. The van der Waals surface area contributed by atoms with E-state index in [2.05, 4.69) is 4.52 Å². The van der Waals surface area contributed by atoms with Crippen LogP contribution in [0, 0.1) is 0 Å². The van der Waals surface area contributed by atoms with Gasteiger partial charge >= 0.3 is 34.6 Å². The Morgan fingerprint density at radius 3 is 1.62 bits per heavy atom. The molecular formula is C8H5F9N3OP3. The first kappa shape index (κ1) is 19.4. The Kier molecular flexibility index (Phi) is 4.70. The van der Waals surface area contributed by atoms with Crippen molar-refractivity contribution in [1.29, 1.82) is 0 Å². The lowest BCUT2D eigenvalue weighted by molar-refractivity contribution is -0.0488. The molecule has 0 aromatic heterocycles. The first-order valence-corrected chi connectivity index (χ1v) is 10.3. The van der Waals surface area contributed by atoms with Crippen LogP contribution in [0.25, 0.3) is 0 Å². The number of hydrogen-bond acceptors (Lipinski definition) is 4. The van der Waals surface area contributed by atoms with E-state index >= 15 is 0 Å². The van der Waals surface area contributed by atoms with E-state index in [1.165, 1.54) is 22.7 Å². The number of hydrogen-bond donors (Lipinski definition) is 0. The zero-order valence-corrected chi connectivity index (χ0v) is 13.6. The second-order valence-electron chi connectivity index (χ2n) is 4.13. The normalized spacial score (nSPS) is 33.9. The molecule has 3 atom stereocenters. The van der Waals surface area contributed by atoms with Crippen LogP contribution in [0.15, 0.2) is 43.9 Å². The Balaban J connectivity index is 2.73. The van der Waals surface area contributed by atoms with Crippen molar-refractivity contribution in [3.8, 4) is 5.75 Å². The van der Waals surface area contributed by atoms with Gasteiger partial charge in [-0.1, -0.05) is 18.2 Å². The summed E-state index contributed by atoms with van der Waals surface area (Å²) in [6, 6.07) is 5.63. The Bertz CT molecular complexity index is 781. The Morgan fingerprint density at radius 1 is 0.708 bits per heavy atom. The standard InChI is InChI=1S/C8H5F9N3OP3/c9-7(10,11)22(15)18-23(16,8(12,13)14)20-24(17,19-22)21-6-4-2-1-3-5-6/h1-5H. The van der Waals surface area contributed by atoms with Crippen molar-refractivity contribution < 1.29 is 43.5 Å². The minimum Gasteiger partial charge on any atom is -0.419 e. The molecule has 16 heteroatoms. The highest BCUT2D eigenvalue weighted by Gasteiger charge is 2.62. The van der Waals surface area contributed by atoms with E-state index in [9.17, 15) is 38.9 Å². The molecule has 136 valence electrons. The average molecular weight is 423 g/mol. The van der Waals surface area contributed by atoms with E-state index in [1.54, 1.807) is 0 Å². The van der Waals surface area contributed by atoms with Crippen LogP contribution in [0.2, 0.25) is 0 Å². The summed E-state index contributed by atoms with van der Waals surface area (Å²) in [7, 11) is -19.7. The molecule has 0 spiro atoms. The van der Waals surface area contributed by atoms with Gasteiger partial charge in [0.2, 0.25) is 0 Å². The average Bonchev–Trinajstić information content (AvgIpc) is 2.35. The lowest BCUT2D eigenvalue weighted by atomic mass is 10.3. The fourth-order valence-electron chi connectivity index (χ4n) is 1.36. The lowest BCUT2D eigenvalue weighted by Gasteiger charge is -2.26. The molecule has 24 heavy (non-hydrogen) atoms. The van der Waals surface area contributed by atoms with Crippen molar-refractivity contribution in [1.82, 2.24) is 0 Å². The van der Waals surface area contributed by atoms with Crippen LogP contribution in [0.3, 0.4) is 0 Å². The minimum absolute atomic E-state index is 0.592. The first-order valence-electron chi connectivity index (χ1n) is 5.59. The molecule has 0 saturated carbocycles. The van der Waals surface area contributed by atoms with Crippen molar-refractivity contribution >= 4 is 22.8 Å². The number of halogens is 9. The van der Waals surface area contributed by atoms with Gasteiger partial charge < -0.3 is 4.52 Å². The summed E-state index contributed by atoms with van der Waals surface area (Å²) in [5.41, 5.74) is 0. The summed E-state index contributed by atoms with van der Waals surface area (Å²) < 4.78 is 128. The summed E-state index contributed by atoms with van der Waals surface area (Å²) in [5, 5.41) is 0. The Labute approximate surface area is 128 Å². The minimum atomic E-state index is -6.86. The molecular weight excluding hydrogens is 418 g/mol. The van der Waals surface area contributed by atoms with E-state index in [1.807, 2.05) is 9.03 Å². The molecule has 0 radical (unpaired) electrons. The number of alkyl halides is 6. The number of para-hydroxylation sites is 1. The van der Waals surface area contributed by atoms with E-state index in [0.717, 1.165) is 12.1 Å². The SMILES string of the molecule is FC(F)(F)P1(F)=NP(F)(Oc2ccccc2)=NP(F)(C(F)(F)F)=N1. The first-order chi connectivity index (χ1) is 10.7. The number of rotatable bonds is 2. The van der Waals surface area contributed by atoms with Crippen molar-refractivity contribution in [3.63, 3.8) is 0 Å². The molecule has 1 aliphatic rings. The van der Waals surface area contributed by atoms with E-state index in [0.29, 0.717) is 0 Å². The Morgan fingerprint density at radius 2 is 1.17 bits per heavy atom. The molecule has 0 amide bonds. The molecule has 1 aromatic carbocycles. The highest BCUT2D eigenvalue weighted by Crippen LogP contribution is 2.87. The van der Waals surface area contributed by atoms with Gasteiger partial charge in [-0.05, 0) is 12.1 Å². The number of benzene rings is 1. The van der Waals surface area contributed by atoms with Gasteiger partial charge in [-0.15, -0.1) is 13.2 Å². The van der Waals surface area contributed by atoms with Crippen molar-refractivity contribution in [2.45, 2.75) is 11.8 Å². The van der Waals surface area contributed by atoms with Crippen LogP contribution in [0.4, 0.5) is 38.9 Å². The molecule has 0 saturated heterocycles. The predicted octanol–water partition coefficient (Wildman–Crippen LogP) is 8.04. The maximum atomic E-state index is 14.4. The van der Waals surface area contributed by atoms with Crippen molar-refractivity contribution in [2.75, 3.05) is 0 Å². The van der Waals surface area contributed by atoms with Crippen LogP contribution in [-0.2, 0) is 0 Å². The third-order valence-electron chi connectivity index (χ3n) is 2.30. The van der Waals surface area contributed by atoms with Crippen LogP contribution in [0.1, 0.15) is 0 Å². The zero-order chi connectivity index (χ0) is 18.4. The molecule has 3 unspecified atom stereocenters. The topological polar surface area (TPSA) is 46.3 Å². The van der Waals surface area contributed by atoms with Gasteiger partial charge in [0.25, 0.3) is 0 Å². The third kappa shape index (κ3) is 3.68. The smallest absolute Gasteiger partial charge is 0.419 e. The van der Waals surface area contributed by atoms with Gasteiger partial charge in [-0.25, -0.2) is 0 Å². The second kappa shape index (κ2) is 5.81. The molecule has 1 aliphatic heterocycles. The third-order valence-corrected chi connectivity index (χ3v) is 9.60. The van der Waals surface area contributed by atoms with E-state index < -0.39 is 40.4 Å². The van der Waals surface area contributed by atoms with Crippen LogP contribution < -0.4 is 4.52 Å². The summed E-state index contributed by atoms with van der Waals surface area (Å²) in [4.78, 5) is 0. The van der Waals surface area contributed by atoms with Gasteiger partial charge in [0, 0.05) is 0 Å². The van der Waals surface area contributed by atoms with Gasteiger partial charge in [0.05, 0.1) is 0 Å². The number of nitrogens with zero attached hydrogens (tertiary/aromatic N) is 3. The van der Waals surface area contributed by atoms with E-state index in [-0.39, 0.29) is 0 Å². The molecule has 0 aliphatic carbocycles. The molecule has 1 aromatic rings. The van der Waals surface area contributed by atoms with Gasteiger partial charge in [0.1, 0.15) is 5.75 Å². The highest BCUT2D eigenvalue weighted by molar-refractivity contribution is 7.81. The molecule has 0 fully saturated rings. The van der Waals surface area contributed by atoms with Crippen molar-refractivity contribution in [2.24, 2.45) is 13.5 Å². The quantitative estimate of drug-likeness (QED) is 0.351. The summed E-state index contributed by atoms with van der Waals surface area (Å²) in [5.74, 6) is -12.8. The van der Waals surface area contributed by atoms with E-state index in [4.69, 9.17) is 0 Å². The van der Waals surface area contributed by atoms with Crippen LogP contribution >= 0.6 is 22.8 Å². The maximum Gasteiger partial charge on any atom is 0.472 e. The molecule has 2 rings (SSSR count). The second-order valence-corrected chi connectivity index (χ2v) is 10.5. The maximum absolute atomic E-state index is 14.4. The molecule has 1 heterocycles. The molecule has 4 nitrogen and oxygen atoms in total. The Hall–Kier alpha value is -0.920. The molecule has 0 bridgehead atoms.